The summed E-state index contributed by atoms with van der Waals surface area (Å²) in [7, 11) is 2.85. The van der Waals surface area contributed by atoms with E-state index in [2.05, 4.69) is 4.99 Å². The van der Waals surface area contributed by atoms with Gasteiger partial charge in [0.2, 0.25) is 5.90 Å². The first-order valence-corrected chi connectivity index (χ1v) is 11.9. The van der Waals surface area contributed by atoms with Gasteiger partial charge in [-0.05, 0) is 65.7 Å². The molecule has 198 valence electrons. The van der Waals surface area contributed by atoms with Crippen LogP contribution in [0.25, 0.3) is 12.2 Å². The molecule has 0 radical (unpaired) electrons. The first-order valence-electron chi connectivity index (χ1n) is 11.5. The van der Waals surface area contributed by atoms with Gasteiger partial charge in [0.1, 0.15) is 0 Å². The molecular formula is C29H22ClNO8. The van der Waals surface area contributed by atoms with Crippen LogP contribution in [0, 0.1) is 0 Å². The number of esters is 3. The van der Waals surface area contributed by atoms with E-state index in [0.29, 0.717) is 16.1 Å². The average Bonchev–Trinajstić information content (AvgIpc) is 3.28. The Hall–Kier alpha value is -4.89. The molecule has 0 saturated heterocycles. The molecule has 0 fully saturated rings. The number of aliphatic imine (C=N–C) groups is 1. The number of halogens is 1. The fraction of sp³-hybridized carbons (Fsp3) is 0.103. The van der Waals surface area contributed by atoms with Crippen LogP contribution in [0.2, 0.25) is 5.02 Å². The molecule has 39 heavy (non-hydrogen) atoms. The van der Waals surface area contributed by atoms with Gasteiger partial charge in [-0.3, -0.25) is 4.79 Å². The average molecular weight is 548 g/mol. The number of carbonyl (C=O) groups excluding carboxylic acids is 3. The maximum atomic E-state index is 12.5. The van der Waals surface area contributed by atoms with E-state index >= 15 is 0 Å². The summed E-state index contributed by atoms with van der Waals surface area (Å²) in [6.45, 7) is 1.28. The SMILES string of the molecule is COc1cc(C2=N/C(=C\c3ccc(OC(=O)/C=C/c4ccc(Cl)cc4)c(OC)c3)C(=O)O2)ccc1OC(C)=O. The molecule has 0 aliphatic carbocycles. The number of benzene rings is 3. The van der Waals surface area contributed by atoms with Crippen molar-refractivity contribution in [3.05, 3.63) is 94.1 Å². The van der Waals surface area contributed by atoms with E-state index in [4.69, 9.17) is 35.3 Å². The predicted molar refractivity (Wildman–Crippen MR) is 144 cm³/mol. The largest absolute Gasteiger partial charge is 0.493 e. The zero-order valence-corrected chi connectivity index (χ0v) is 21.9. The van der Waals surface area contributed by atoms with E-state index in [0.717, 1.165) is 5.56 Å². The van der Waals surface area contributed by atoms with Crippen molar-refractivity contribution in [2.45, 2.75) is 6.92 Å². The zero-order valence-electron chi connectivity index (χ0n) is 21.1. The Balaban J connectivity index is 1.51. The molecule has 1 aliphatic heterocycles. The summed E-state index contributed by atoms with van der Waals surface area (Å²) < 4.78 is 26.4. The van der Waals surface area contributed by atoms with Gasteiger partial charge >= 0.3 is 17.9 Å². The van der Waals surface area contributed by atoms with Crippen LogP contribution in [0.15, 0.2) is 77.4 Å². The number of methoxy groups -OCH3 is 2. The van der Waals surface area contributed by atoms with Crippen LogP contribution in [-0.2, 0) is 19.1 Å². The Morgan fingerprint density at radius 1 is 0.846 bits per heavy atom. The van der Waals surface area contributed by atoms with Crippen LogP contribution in [0.4, 0.5) is 0 Å². The van der Waals surface area contributed by atoms with Crippen molar-refractivity contribution in [3.8, 4) is 23.0 Å². The van der Waals surface area contributed by atoms with Crippen LogP contribution in [0.3, 0.4) is 0 Å². The molecule has 0 aromatic heterocycles. The maximum absolute atomic E-state index is 12.5. The molecule has 9 nitrogen and oxygen atoms in total. The van der Waals surface area contributed by atoms with Gasteiger partial charge in [-0.15, -0.1) is 0 Å². The van der Waals surface area contributed by atoms with Gasteiger partial charge in [-0.2, -0.15) is 0 Å². The third kappa shape index (κ3) is 6.91. The Bertz CT molecular complexity index is 1520. The molecule has 1 heterocycles. The van der Waals surface area contributed by atoms with Gasteiger partial charge in [-0.1, -0.05) is 29.8 Å². The van der Waals surface area contributed by atoms with Crippen molar-refractivity contribution in [2.24, 2.45) is 4.99 Å². The molecule has 1 aliphatic rings. The minimum Gasteiger partial charge on any atom is -0.493 e. The van der Waals surface area contributed by atoms with Crippen LogP contribution >= 0.6 is 11.6 Å². The van der Waals surface area contributed by atoms with Crippen LogP contribution in [0.5, 0.6) is 23.0 Å². The summed E-state index contributed by atoms with van der Waals surface area (Å²) in [5, 5.41) is 0.595. The lowest BCUT2D eigenvalue weighted by Crippen LogP contribution is -2.07. The van der Waals surface area contributed by atoms with Gasteiger partial charge in [-0.25, -0.2) is 14.6 Å². The molecule has 0 amide bonds. The molecule has 0 N–H and O–H groups in total. The monoisotopic (exact) mass is 547 g/mol. The number of hydrogen-bond donors (Lipinski definition) is 0. The molecule has 0 bridgehead atoms. The Labute approximate surface area is 228 Å². The predicted octanol–water partition coefficient (Wildman–Crippen LogP) is 5.25. The molecule has 0 spiro atoms. The molecule has 10 heteroatoms. The number of cyclic esters (lactones) is 1. The number of nitrogens with zero attached hydrogens (tertiary/aromatic N) is 1. The Kier molecular flexibility index (Phi) is 8.43. The third-order valence-electron chi connectivity index (χ3n) is 5.27. The van der Waals surface area contributed by atoms with Crippen molar-refractivity contribution in [3.63, 3.8) is 0 Å². The Morgan fingerprint density at radius 3 is 2.18 bits per heavy atom. The van der Waals surface area contributed by atoms with Gasteiger partial charge in [0.05, 0.1) is 14.2 Å². The lowest BCUT2D eigenvalue weighted by atomic mass is 10.1. The van der Waals surface area contributed by atoms with E-state index in [-0.39, 0.29) is 34.6 Å². The second-order valence-corrected chi connectivity index (χ2v) is 8.45. The van der Waals surface area contributed by atoms with E-state index in [1.54, 1.807) is 60.7 Å². The molecule has 4 rings (SSSR count). The smallest absolute Gasteiger partial charge is 0.363 e. The molecule has 0 unspecified atom stereocenters. The summed E-state index contributed by atoms with van der Waals surface area (Å²) in [5.74, 6) is -0.722. The first kappa shape index (κ1) is 27.2. The van der Waals surface area contributed by atoms with Gasteiger partial charge in [0.15, 0.2) is 28.7 Å². The normalized spacial score (nSPS) is 13.7. The fourth-order valence-corrected chi connectivity index (χ4v) is 3.60. The standard InChI is InChI=1S/C29H22ClNO8/c1-17(32)37-23-12-8-20(16-26(23)36-3)28-31-22(29(34)39-28)14-19-6-11-24(25(15-19)35-2)38-27(33)13-7-18-4-9-21(30)10-5-18/h4-16H,1-3H3/b13-7+,22-14-. The molecule has 3 aromatic carbocycles. The van der Waals surface area contributed by atoms with Gasteiger partial charge < -0.3 is 23.7 Å². The summed E-state index contributed by atoms with van der Waals surface area (Å²) in [6, 6.07) is 16.4. The van der Waals surface area contributed by atoms with E-state index in [1.807, 2.05) is 0 Å². The highest BCUT2D eigenvalue weighted by Gasteiger charge is 2.25. The van der Waals surface area contributed by atoms with Gasteiger partial charge in [0, 0.05) is 23.6 Å². The third-order valence-corrected chi connectivity index (χ3v) is 5.52. The van der Waals surface area contributed by atoms with Crippen molar-refractivity contribution in [1.29, 1.82) is 0 Å². The minimum atomic E-state index is -0.658. The van der Waals surface area contributed by atoms with Crippen LogP contribution in [0.1, 0.15) is 23.6 Å². The van der Waals surface area contributed by atoms with Crippen LogP contribution < -0.4 is 18.9 Å². The summed E-state index contributed by atoms with van der Waals surface area (Å²) in [4.78, 5) is 40.3. The molecule has 0 saturated carbocycles. The van der Waals surface area contributed by atoms with E-state index in [1.165, 1.54) is 39.4 Å². The highest BCUT2D eigenvalue weighted by Crippen LogP contribution is 2.32. The number of hydrogen-bond acceptors (Lipinski definition) is 9. The number of rotatable bonds is 8. The molecule has 3 aromatic rings. The summed E-state index contributed by atoms with van der Waals surface area (Å²) in [6.07, 6.45) is 4.40. The highest BCUT2D eigenvalue weighted by atomic mass is 35.5. The van der Waals surface area contributed by atoms with E-state index in [9.17, 15) is 14.4 Å². The minimum absolute atomic E-state index is 0.0470. The van der Waals surface area contributed by atoms with Crippen molar-refractivity contribution >= 4 is 47.6 Å². The fourth-order valence-electron chi connectivity index (χ4n) is 3.47. The maximum Gasteiger partial charge on any atom is 0.363 e. The summed E-state index contributed by atoms with van der Waals surface area (Å²) >= 11 is 5.87. The van der Waals surface area contributed by atoms with Crippen molar-refractivity contribution in [1.82, 2.24) is 0 Å². The van der Waals surface area contributed by atoms with Crippen LogP contribution in [-0.4, -0.2) is 38.0 Å². The van der Waals surface area contributed by atoms with Crippen molar-refractivity contribution in [2.75, 3.05) is 14.2 Å². The van der Waals surface area contributed by atoms with Crippen molar-refractivity contribution < 1.29 is 38.1 Å². The summed E-state index contributed by atoms with van der Waals surface area (Å²) in [5.41, 5.74) is 1.84. The lowest BCUT2D eigenvalue weighted by molar-refractivity contribution is -0.132. The highest BCUT2D eigenvalue weighted by molar-refractivity contribution is 6.30. The quantitative estimate of drug-likeness (QED) is 0.214. The second kappa shape index (κ2) is 12.1. The zero-order chi connectivity index (χ0) is 27.9. The lowest BCUT2D eigenvalue weighted by Gasteiger charge is -2.09. The molecular weight excluding hydrogens is 526 g/mol. The molecule has 0 atom stereocenters. The first-order chi connectivity index (χ1) is 18.7. The number of ether oxygens (including phenoxy) is 5. The second-order valence-electron chi connectivity index (χ2n) is 8.01. The number of carbonyl (C=O) groups is 3. The Morgan fingerprint density at radius 2 is 1.49 bits per heavy atom. The van der Waals surface area contributed by atoms with E-state index < -0.39 is 17.9 Å². The topological polar surface area (TPSA) is 110 Å². The van der Waals surface area contributed by atoms with Gasteiger partial charge in [0.25, 0.3) is 0 Å².